The summed E-state index contributed by atoms with van der Waals surface area (Å²) < 4.78 is 5.17. The number of aromatic nitrogens is 3. The number of hydrogen-bond acceptors (Lipinski definition) is 4. The zero-order valence-corrected chi connectivity index (χ0v) is 11.4. The number of carbonyl (C=O) groups excluding carboxylic acids is 1. The van der Waals surface area contributed by atoms with Gasteiger partial charge in [0.25, 0.3) is 0 Å². The van der Waals surface area contributed by atoms with Gasteiger partial charge in [-0.15, -0.1) is 5.10 Å². The number of fused-ring (bicyclic) bond motifs is 1. The summed E-state index contributed by atoms with van der Waals surface area (Å²) in [6, 6.07) is 11.4. The van der Waals surface area contributed by atoms with Gasteiger partial charge in [0, 0.05) is 11.8 Å². The molecule has 0 bridgehead atoms. The second-order valence-corrected chi connectivity index (χ2v) is 4.42. The van der Waals surface area contributed by atoms with Crippen molar-refractivity contribution < 1.29 is 9.53 Å². The summed E-state index contributed by atoms with van der Waals surface area (Å²) in [7, 11) is 1.58. The number of carbonyl (C=O) groups is 1. The van der Waals surface area contributed by atoms with E-state index >= 15 is 0 Å². The summed E-state index contributed by atoms with van der Waals surface area (Å²) in [5.41, 5.74) is 3.24. The molecule has 3 aromatic rings. The predicted octanol–water partition coefficient (Wildman–Crippen LogP) is 2.60. The molecule has 0 amide bonds. The Morgan fingerprint density at radius 1 is 1.29 bits per heavy atom. The first-order valence-electron chi connectivity index (χ1n) is 6.43. The fourth-order valence-electron chi connectivity index (χ4n) is 2.24. The first-order chi connectivity index (χ1) is 10.3. The summed E-state index contributed by atoms with van der Waals surface area (Å²) in [6.07, 6.45) is 3.98. The van der Waals surface area contributed by atoms with Gasteiger partial charge >= 0.3 is 0 Å². The molecule has 5 nitrogen and oxygen atoms in total. The number of methoxy groups -OCH3 is 1. The van der Waals surface area contributed by atoms with Crippen LogP contribution in [0.25, 0.3) is 16.5 Å². The summed E-state index contributed by atoms with van der Waals surface area (Å²) in [5.74, 6) is 0.551. The van der Waals surface area contributed by atoms with Gasteiger partial charge in [0.15, 0.2) is 0 Å². The number of nitrogens with one attached hydrogen (secondary N) is 1. The zero-order chi connectivity index (χ0) is 14.7. The number of benzene rings is 1. The molecule has 5 heteroatoms. The highest BCUT2D eigenvalue weighted by molar-refractivity contribution is 5.93. The van der Waals surface area contributed by atoms with E-state index in [9.17, 15) is 4.79 Å². The molecular weight excluding hydrogens is 266 g/mol. The second-order valence-electron chi connectivity index (χ2n) is 4.42. The van der Waals surface area contributed by atoms with Crippen LogP contribution in [0.3, 0.4) is 0 Å². The summed E-state index contributed by atoms with van der Waals surface area (Å²) in [6.45, 7) is 0. The van der Waals surface area contributed by atoms with Crippen molar-refractivity contribution in [2.24, 2.45) is 0 Å². The maximum Gasteiger partial charge on any atom is 0.240 e. The number of hydrogen-bond donors (Lipinski definition) is 1. The Morgan fingerprint density at radius 2 is 2.19 bits per heavy atom. The van der Waals surface area contributed by atoms with E-state index in [0.717, 1.165) is 34.0 Å². The van der Waals surface area contributed by atoms with Crippen molar-refractivity contribution in [1.29, 1.82) is 0 Å². The zero-order valence-electron chi connectivity index (χ0n) is 11.4. The Hall–Kier alpha value is -2.95. The third-order valence-corrected chi connectivity index (χ3v) is 3.21. The lowest BCUT2D eigenvalue weighted by Gasteiger charge is -2.06. The highest BCUT2D eigenvalue weighted by Gasteiger charge is 2.10. The summed E-state index contributed by atoms with van der Waals surface area (Å²) >= 11 is 0. The van der Waals surface area contributed by atoms with E-state index in [1.807, 2.05) is 36.4 Å². The van der Waals surface area contributed by atoms with Gasteiger partial charge in [-0.1, -0.05) is 12.1 Å². The van der Waals surface area contributed by atoms with Gasteiger partial charge in [0.2, 0.25) is 5.88 Å². The molecular formula is C16H13N3O2. The molecule has 0 saturated carbocycles. The van der Waals surface area contributed by atoms with Crippen LogP contribution in [-0.4, -0.2) is 28.6 Å². The van der Waals surface area contributed by atoms with Crippen molar-refractivity contribution in [3.63, 3.8) is 0 Å². The fraction of sp³-hybridized carbons (Fsp3) is 0.0625. The standard InChI is InChI=1S/C16H13N3O2/c1-21-16-13-6-5-11(10-15(13)18-19-16)12(7-9-20)14-4-2-3-8-17-14/h2-10H,1H3,(H,18,19). The minimum atomic E-state index is 0.551. The first kappa shape index (κ1) is 13.1. The predicted molar refractivity (Wildman–Crippen MR) is 80.0 cm³/mol. The van der Waals surface area contributed by atoms with E-state index in [1.165, 1.54) is 6.08 Å². The van der Waals surface area contributed by atoms with Crippen molar-refractivity contribution >= 4 is 22.8 Å². The maximum atomic E-state index is 10.9. The van der Waals surface area contributed by atoms with Crippen LogP contribution in [-0.2, 0) is 4.79 Å². The van der Waals surface area contributed by atoms with E-state index in [2.05, 4.69) is 15.2 Å². The Bertz CT molecular complexity index is 807. The molecule has 0 atom stereocenters. The Labute approximate surface area is 121 Å². The van der Waals surface area contributed by atoms with Crippen LogP contribution in [0.2, 0.25) is 0 Å². The lowest BCUT2D eigenvalue weighted by atomic mass is 10.0. The molecule has 104 valence electrons. The Kier molecular flexibility index (Phi) is 3.47. The third kappa shape index (κ3) is 2.41. The summed E-state index contributed by atoms with van der Waals surface area (Å²) in [4.78, 5) is 15.2. The molecule has 0 saturated heterocycles. The molecule has 1 aromatic carbocycles. The Morgan fingerprint density at radius 3 is 2.90 bits per heavy atom. The molecule has 1 N–H and O–H groups in total. The molecule has 21 heavy (non-hydrogen) atoms. The molecule has 2 aromatic heterocycles. The molecule has 2 heterocycles. The van der Waals surface area contributed by atoms with Crippen molar-refractivity contribution in [2.45, 2.75) is 0 Å². The number of aromatic amines is 1. The molecule has 0 unspecified atom stereocenters. The van der Waals surface area contributed by atoms with Crippen molar-refractivity contribution in [1.82, 2.24) is 15.2 Å². The topological polar surface area (TPSA) is 67.9 Å². The van der Waals surface area contributed by atoms with E-state index in [1.54, 1.807) is 13.3 Å². The molecule has 0 fully saturated rings. The minimum Gasteiger partial charge on any atom is -0.480 e. The van der Waals surface area contributed by atoms with Gasteiger partial charge in [0.1, 0.15) is 6.29 Å². The Balaban J connectivity index is 2.12. The lowest BCUT2D eigenvalue weighted by molar-refractivity contribution is -0.104. The van der Waals surface area contributed by atoms with Crippen LogP contribution >= 0.6 is 0 Å². The smallest absolute Gasteiger partial charge is 0.240 e. The number of aldehydes is 1. The van der Waals surface area contributed by atoms with Crippen LogP contribution in [0.15, 0.2) is 48.7 Å². The highest BCUT2D eigenvalue weighted by atomic mass is 16.5. The SMILES string of the molecule is COc1n[nH]c2cc(C(=CC=O)c3ccccn3)ccc12. The van der Waals surface area contributed by atoms with Crippen molar-refractivity contribution in [3.8, 4) is 5.88 Å². The number of allylic oxidation sites excluding steroid dienone is 1. The van der Waals surface area contributed by atoms with Gasteiger partial charge in [-0.25, -0.2) is 0 Å². The van der Waals surface area contributed by atoms with Gasteiger partial charge in [0.05, 0.1) is 23.7 Å². The van der Waals surface area contributed by atoms with E-state index in [4.69, 9.17) is 4.74 Å². The van der Waals surface area contributed by atoms with Crippen molar-refractivity contribution in [3.05, 3.63) is 59.9 Å². The first-order valence-corrected chi connectivity index (χ1v) is 6.43. The van der Waals surface area contributed by atoms with Crippen LogP contribution in [0.5, 0.6) is 5.88 Å². The monoisotopic (exact) mass is 279 g/mol. The highest BCUT2D eigenvalue weighted by Crippen LogP contribution is 2.28. The average Bonchev–Trinajstić information content (AvgIpc) is 2.95. The van der Waals surface area contributed by atoms with Crippen LogP contribution in [0.1, 0.15) is 11.3 Å². The van der Waals surface area contributed by atoms with Gasteiger partial charge < -0.3 is 4.74 Å². The molecule has 0 spiro atoms. The number of nitrogens with zero attached hydrogens (tertiary/aromatic N) is 2. The van der Waals surface area contributed by atoms with Gasteiger partial charge in [-0.3, -0.25) is 14.9 Å². The summed E-state index contributed by atoms with van der Waals surface area (Å²) in [5, 5.41) is 7.89. The number of pyridine rings is 1. The molecule has 0 aliphatic carbocycles. The molecule has 0 aliphatic heterocycles. The minimum absolute atomic E-state index is 0.551. The molecule has 0 radical (unpaired) electrons. The fourth-order valence-corrected chi connectivity index (χ4v) is 2.24. The second kappa shape index (κ2) is 5.58. The number of ether oxygens (including phenoxy) is 1. The average molecular weight is 279 g/mol. The number of rotatable bonds is 4. The van der Waals surface area contributed by atoms with Gasteiger partial charge in [-0.2, -0.15) is 0 Å². The molecule has 0 aliphatic rings. The van der Waals surface area contributed by atoms with E-state index < -0.39 is 0 Å². The quantitative estimate of drug-likeness (QED) is 0.589. The number of H-pyrrole nitrogens is 1. The van der Waals surface area contributed by atoms with Crippen molar-refractivity contribution in [2.75, 3.05) is 7.11 Å². The van der Waals surface area contributed by atoms with Crippen LogP contribution < -0.4 is 4.74 Å². The van der Waals surface area contributed by atoms with Crippen LogP contribution in [0, 0.1) is 0 Å². The van der Waals surface area contributed by atoms with E-state index in [-0.39, 0.29) is 0 Å². The third-order valence-electron chi connectivity index (χ3n) is 3.21. The maximum absolute atomic E-state index is 10.9. The van der Waals surface area contributed by atoms with Gasteiger partial charge in [-0.05, 0) is 35.9 Å². The van der Waals surface area contributed by atoms with E-state index in [0.29, 0.717) is 5.88 Å². The van der Waals surface area contributed by atoms with Crippen LogP contribution in [0.4, 0.5) is 0 Å². The normalized spacial score (nSPS) is 11.6. The molecule has 3 rings (SSSR count). The lowest BCUT2D eigenvalue weighted by Crippen LogP contribution is -1.92. The largest absolute Gasteiger partial charge is 0.480 e.